The second-order valence-corrected chi connectivity index (χ2v) is 10.1. The van der Waals surface area contributed by atoms with Gasteiger partial charge in [-0.2, -0.15) is 0 Å². The van der Waals surface area contributed by atoms with Gasteiger partial charge in [-0.15, -0.1) is 0 Å². The van der Waals surface area contributed by atoms with Crippen LogP contribution in [-0.4, -0.2) is 78.5 Å². The third-order valence-corrected chi connectivity index (χ3v) is 7.38. The van der Waals surface area contributed by atoms with Gasteiger partial charge >= 0.3 is 0 Å². The number of carbonyl (C=O) groups is 1. The zero-order chi connectivity index (χ0) is 23.0. The van der Waals surface area contributed by atoms with Gasteiger partial charge in [-0.3, -0.25) is 14.7 Å². The van der Waals surface area contributed by atoms with Crippen molar-refractivity contribution in [2.75, 3.05) is 46.8 Å². The van der Waals surface area contributed by atoms with E-state index in [9.17, 15) is 4.79 Å². The Hall–Kier alpha value is -2.24. The normalized spacial score (nSPS) is 17.4. The number of hydrogen-bond acceptors (Lipinski definition) is 4. The first-order valence-electron chi connectivity index (χ1n) is 12.7. The van der Waals surface area contributed by atoms with Crippen LogP contribution in [0.15, 0.2) is 48.7 Å². The van der Waals surface area contributed by atoms with E-state index in [2.05, 4.69) is 58.0 Å². The number of aromatic nitrogens is 1. The molecule has 1 aromatic carbocycles. The van der Waals surface area contributed by atoms with Gasteiger partial charge < -0.3 is 9.80 Å². The third kappa shape index (κ3) is 6.87. The average molecular weight is 449 g/mol. The molecular formula is C28H40N4O. The summed E-state index contributed by atoms with van der Waals surface area (Å²) in [6.07, 6.45) is 8.91. The minimum absolute atomic E-state index is 0.285. The monoisotopic (exact) mass is 448 g/mol. The van der Waals surface area contributed by atoms with Gasteiger partial charge in [-0.25, -0.2) is 0 Å². The molecule has 1 aromatic heterocycles. The van der Waals surface area contributed by atoms with Gasteiger partial charge in [0.25, 0.3) is 0 Å². The summed E-state index contributed by atoms with van der Waals surface area (Å²) in [5, 5.41) is 0. The lowest BCUT2D eigenvalue weighted by Gasteiger charge is -2.38. The van der Waals surface area contributed by atoms with Crippen LogP contribution in [0.25, 0.3) is 0 Å². The van der Waals surface area contributed by atoms with E-state index >= 15 is 0 Å². The maximum absolute atomic E-state index is 13.1. The largest absolute Gasteiger partial charge is 0.342 e. The van der Waals surface area contributed by atoms with E-state index in [1.54, 1.807) is 0 Å². The van der Waals surface area contributed by atoms with Crippen molar-refractivity contribution in [1.82, 2.24) is 19.7 Å². The molecule has 0 N–H and O–H groups in total. The number of piperidine rings is 1. The molecule has 0 saturated carbocycles. The lowest BCUT2D eigenvalue weighted by atomic mass is 9.94. The summed E-state index contributed by atoms with van der Waals surface area (Å²) in [6, 6.07) is 15.5. The number of pyridine rings is 1. The minimum atomic E-state index is 0.285. The highest BCUT2D eigenvalue weighted by Crippen LogP contribution is 2.29. The van der Waals surface area contributed by atoms with Gasteiger partial charge in [0.2, 0.25) is 5.91 Å². The summed E-state index contributed by atoms with van der Waals surface area (Å²) < 4.78 is 0. The highest BCUT2D eigenvalue weighted by Gasteiger charge is 2.30. The molecule has 5 nitrogen and oxygen atoms in total. The molecule has 1 saturated heterocycles. The number of aryl methyl sites for hydroxylation is 1. The molecule has 0 radical (unpaired) electrons. The van der Waals surface area contributed by atoms with Crippen LogP contribution in [-0.2, 0) is 24.1 Å². The van der Waals surface area contributed by atoms with E-state index in [1.807, 2.05) is 24.4 Å². The Morgan fingerprint density at radius 3 is 2.33 bits per heavy atom. The summed E-state index contributed by atoms with van der Waals surface area (Å²) in [7, 11) is 4.20. The van der Waals surface area contributed by atoms with Crippen LogP contribution in [0.4, 0.5) is 0 Å². The van der Waals surface area contributed by atoms with Gasteiger partial charge in [0, 0.05) is 37.4 Å². The van der Waals surface area contributed by atoms with Gasteiger partial charge in [0.15, 0.2) is 0 Å². The van der Waals surface area contributed by atoms with Crippen molar-refractivity contribution in [3.63, 3.8) is 0 Å². The molecule has 178 valence electrons. The molecule has 33 heavy (non-hydrogen) atoms. The summed E-state index contributed by atoms with van der Waals surface area (Å²) in [4.78, 5) is 24.6. The Labute approximate surface area is 199 Å². The van der Waals surface area contributed by atoms with Gasteiger partial charge in [-0.05, 0) is 101 Å². The van der Waals surface area contributed by atoms with Gasteiger partial charge in [0.05, 0.1) is 0 Å². The maximum Gasteiger partial charge on any atom is 0.222 e. The average Bonchev–Trinajstić information content (AvgIpc) is 3.27. The Balaban J connectivity index is 1.27. The van der Waals surface area contributed by atoms with Crippen molar-refractivity contribution in [3.05, 3.63) is 65.5 Å². The predicted molar refractivity (Wildman–Crippen MR) is 134 cm³/mol. The molecule has 4 rings (SSSR count). The SMILES string of the molecule is CN(C)CCCN(CC1CCN(C2Cc3ccccc3C2)CC1)C(=O)CCc1ccccn1. The molecule has 1 amide bonds. The second kappa shape index (κ2) is 11.8. The van der Waals surface area contributed by atoms with Crippen molar-refractivity contribution >= 4 is 5.91 Å². The summed E-state index contributed by atoms with van der Waals surface area (Å²) in [5.74, 6) is 0.899. The summed E-state index contributed by atoms with van der Waals surface area (Å²) in [6.45, 7) is 5.11. The Morgan fingerprint density at radius 1 is 1.00 bits per heavy atom. The number of carbonyl (C=O) groups excluding carboxylic acids is 1. The molecule has 5 heteroatoms. The minimum Gasteiger partial charge on any atom is -0.342 e. The zero-order valence-corrected chi connectivity index (χ0v) is 20.5. The predicted octanol–water partition coefficient (Wildman–Crippen LogP) is 3.67. The number of benzene rings is 1. The lowest BCUT2D eigenvalue weighted by molar-refractivity contribution is -0.132. The molecule has 0 spiro atoms. The smallest absolute Gasteiger partial charge is 0.222 e. The fraction of sp³-hybridized carbons (Fsp3) is 0.571. The van der Waals surface area contributed by atoms with Crippen molar-refractivity contribution < 1.29 is 4.79 Å². The first-order chi connectivity index (χ1) is 16.1. The Bertz CT molecular complexity index is 851. The number of likely N-dealkylation sites (tertiary alicyclic amines) is 1. The van der Waals surface area contributed by atoms with E-state index in [0.29, 0.717) is 18.4 Å². The first kappa shape index (κ1) is 23.9. The van der Waals surface area contributed by atoms with Crippen LogP contribution in [0.5, 0.6) is 0 Å². The van der Waals surface area contributed by atoms with Crippen molar-refractivity contribution in [2.45, 2.75) is 51.0 Å². The van der Waals surface area contributed by atoms with Crippen LogP contribution in [0.1, 0.15) is 42.5 Å². The van der Waals surface area contributed by atoms with Gasteiger partial charge in [-0.1, -0.05) is 30.3 Å². The van der Waals surface area contributed by atoms with E-state index in [0.717, 1.165) is 51.3 Å². The number of nitrogens with zero attached hydrogens (tertiary/aromatic N) is 4. The number of amides is 1. The molecule has 1 aliphatic heterocycles. The molecule has 1 fully saturated rings. The third-order valence-electron chi connectivity index (χ3n) is 7.38. The summed E-state index contributed by atoms with van der Waals surface area (Å²) in [5.41, 5.74) is 4.08. The van der Waals surface area contributed by atoms with E-state index < -0.39 is 0 Å². The van der Waals surface area contributed by atoms with Crippen LogP contribution >= 0.6 is 0 Å². The number of rotatable bonds is 10. The standard InChI is InChI=1S/C28H40N4O/c1-30(2)16-7-17-32(28(33)12-11-26-10-5-6-15-29-26)22-23-13-18-31(19-14-23)27-20-24-8-3-4-9-25(24)21-27/h3-6,8-10,15,23,27H,7,11-14,16-22H2,1-2H3. The molecule has 2 aromatic rings. The van der Waals surface area contributed by atoms with Crippen molar-refractivity contribution in [3.8, 4) is 0 Å². The lowest BCUT2D eigenvalue weighted by Crippen LogP contribution is -2.45. The second-order valence-electron chi connectivity index (χ2n) is 10.1. The van der Waals surface area contributed by atoms with E-state index in [4.69, 9.17) is 0 Å². The molecule has 1 aliphatic carbocycles. The van der Waals surface area contributed by atoms with Gasteiger partial charge in [0.1, 0.15) is 0 Å². The number of fused-ring (bicyclic) bond motifs is 1. The zero-order valence-electron chi connectivity index (χ0n) is 20.5. The Morgan fingerprint density at radius 2 is 1.70 bits per heavy atom. The highest BCUT2D eigenvalue weighted by atomic mass is 16.2. The van der Waals surface area contributed by atoms with Crippen molar-refractivity contribution in [1.29, 1.82) is 0 Å². The molecule has 2 heterocycles. The van der Waals surface area contributed by atoms with Crippen LogP contribution in [0, 0.1) is 5.92 Å². The number of hydrogen-bond donors (Lipinski definition) is 0. The maximum atomic E-state index is 13.1. The van der Waals surface area contributed by atoms with E-state index in [-0.39, 0.29) is 5.91 Å². The van der Waals surface area contributed by atoms with Crippen LogP contribution < -0.4 is 0 Å². The van der Waals surface area contributed by atoms with Crippen LogP contribution in [0.2, 0.25) is 0 Å². The molecule has 0 unspecified atom stereocenters. The fourth-order valence-corrected chi connectivity index (χ4v) is 5.44. The topological polar surface area (TPSA) is 39.7 Å². The molecule has 2 aliphatic rings. The highest BCUT2D eigenvalue weighted by molar-refractivity contribution is 5.76. The molecular weight excluding hydrogens is 408 g/mol. The van der Waals surface area contributed by atoms with Crippen molar-refractivity contribution in [2.24, 2.45) is 5.92 Å². The molecule has 0 bridgehead atoms. The van der Waals surface area contributed by atoms with Crippen LogP contribution in [0.3, 0.4) is 0 Å². The summed E-state index contributed by atoms with van der Waals surface area (Å²) >= 11 is 0. The quantitative estimate of drug-likeness (QED) is 0.556. The Kier molecular flexibility index (Phi) is 8.51. The van der Waals surface area contributed by atoms with E-state index in [1.165, 1.54) is 36.8 Å². The molecule has 0 atom stereocenters. The first-order valence-corrected chi connectivity index (χ1v) is 12.7. The fourth-order valence-electron chi connectivity index (χ4n) is 5.44.